The van der Waals surface area contributed by atoms with Gasteiger partial charge in [-0.25, -0.2) is 0 Å². The number of benzene rings is 4. The molecule has 0 aliphatic heterocycles. The first-order chi connectivity index (χ1) is 18.7. The smallest absolute Gasteiger partial charge is 0.187 e. The van der Waals surface area contributed by atoms with E-state index in [0.717, 1.165) is 50.8 Å². The fourth-order valence-corrected chi connectivity index (χ4v) is 8.13. The number of hydrogen-bond acceptors (Lipinski definition) is 3. The van der Waals surface area contributed by atoms with E-state index in [1.165, 1.54) is 0 Å². The van der Waals surface area contributed by atoms with Gasteiger partial charge in [-0.05, 0) is 50.6 Å². The Labute approximate surface area is 219 Å². The number of Topliss-reactive ketones (excluding diaryl/α,β-unsaturated/α-hetero) is 2. The van der Waals surface area contributed by atoms with E-state index in [1.54, 1.807) is 0 Å². The molecule has 4 aromatic rings. The van der Waals surface area contributed by atoms with Crippen LogP contribution in [0.1, 0.15) is 78.5 Å². The lowest BCUT2D eigenvalue weighted by molar-refractivity contribution is -0.117. The van der Waals surface area contributed by atoms with Gasteiger partial charge in [-0.15, -0.1) is 0 Å². The highest BCUT2D eigenvalue weighted by molar-refractivity contribution is 6.30. The molecule has 38 heavy (non-hydrogen) atoms. The molecule has 0 fully saturated rings. The number of aldehydes is 1. The number of hydrogen-bond donors (Lipinski definition) is 0. The van der Waals surface area contributed by atoms with E-state index in [4.69, 9.17) is 0 Å². The van der Waals surface area contributed by atoms with Crippen LogP contribution in [0.15, 0.2) is 113 Å². The Morgan fingerprint density at radius 3 is 1.08 bits per heavy atom. The van der Waals surface area contributed by atoms with Crippen molar-refractivity contribution in [3.63, 3.8) is 0 Å². The van der Waals surface area contributed by atoms with Crippen molar-refractivity contribution in [2.24, 2.45) is 0 Å². The molecule has 3 heteroatoms. The molecule has 0 saturated heterocycles. The zero-order valence-electron chi connectivity index (χ0n) is 20.3. The first-order valence-corrected chi connectivity index (χ1v) is 13.1. The van der Waals surface area contributed by atoms with Gasteiger partial charge in [-0.3, -0.25) is 14.4 Å². The minimum atomic E-state index is -0.349. The van der Waals surface area contributed by atoms with E-state index < -0.39 is 0 Å². The second-order valence-electron chi connectivity index (χ2n) is 10.9. The first kappa shape index (κ1) is 20.4. The predicted molar refractivity (Wildman–Crippen MR) is 143 cm³/mol. The van der Waals surface area contributed by atoms with Crippen LogP contribution in [0.2, 0.25) is 0 Å². The summed E-state index contributed by atoms with van der Waals surface area (Å²) in [5.41, 5.74) is 11.9. The van der Waals surface area contributed by atoms with Crippen LogP contribution >= 0.6 is 0 Å². The van der Waals surface area contributed by atoms with Gasteiger partial charge in [0, 0.05) is 51.5 Å². The third-order valence-corrected chi connectivity index (χ3v) is 9.44. The minimum Gasteiger partial charge on any atom is -0.298 e. The van der Waals surface area contributed by atoms with Crippen LogP contribution < -0.4 is 0 Å². The molecule has 0 aromatic heterocycles. The molecule has 0 spiro atoms. The van der Waals surface area contributed by atoms with Crippen LogP contribution in [0.25, 0.3) is 0 Å². The summed E-state index contributed by atoms with van der Waals surface area (Å²) in [6, 6.07) is 30.5. The molecular weight excluding hydrogens is 468 g/mol. The Hall–Kier alpha value is -4.63. The van der Waals surface area contributed by atoms with Crippen LogP contribution in [0, 0.1) is 0 Å². The summed E-state index contributed by atoms with van der Waals surface area (Å²) < 4.78 is 0. The van der Waals surface area contributed by atoms with E-state index in [1.807, 2.05) is 54.6 Å². The molecule has 0 heterocycles. The summed E-state index contributed by atoms with van der Waals surface area (Å²) in [6.07, 6.45) is 0.853. The van der Waals surface area contributed by atoms with Gasteiger partial charge in [-0.1, -0.05) is 84.9 Å². The number of carbonyl (C=O) groups excluding carboxylic acids is 3. The van der Waals surface area contributed by atoms with Crippen LogP contribution in [-0.4, -0.2) is 17.9 Å². The lowest BCUT2D eigenvalue weighted by atomic mass is 9.51. The Balaban J connectivity index is 1.34. The Morgan fingerprint density at radius 1 is 0.421 bits per heavy atom. The highest BCUT2D eigenvalue weighted by Gasteiger charge is 2.56. The van der Waals surface area contributed by atoms with Crippen molar-refractivity contribution in [1.29, 1.82) is 0 Å². The maximum absolute atomic E-state index is 14.8. The summed E-state index contributed by atoms with van der Waals surface area (Å²) in [5, 5.41) is 0. The van der Waals surface area contributed by atoms with Crippen LogP contribution in [0.5, 0.6) is 0 Å². The third-order valence-electron chi connectivity index (χ3n) is 9.44. The predicted octanol–water partition coefficient (Wildman–Crippen LogP) is 6.13. The molecule has 3 nitrogen and oxygen atoms in total. The Kier molecular flexibility index (Phi) is 3.66. The number of rotatable bonds is 1. The maximum Gasteiger partial charge on any atom is 0.187 e. The van der Waals surface area contributed by atoms with E-state index >= 15 is 0 Å². The molecule has 0 radical (unpaired) electrons. The monoisotopic (exact) mass is 488 g/mol. The zero-order chi connectivity index (χ0) is 25.3. The van der Waals surface area contributed by atoms with E-state index in [0.29, 0.717) is 27.9 Å². The molecule has 7 aliphatic carbocycles. The van der Waals surface area contributed by atoms with Gasteiger partial charge in [0.05, 0.1) is 0 Å². The molecule has 2 atom stereocenters. The summed E-state index contributed by atoms with van der Waals surface area (Å²) in [6.45, 7) is 0. The van der Waals surface area contributed by atoms with E-state index in [2.05, 4.69) is 36.4 Å². The summed E-state index contributed by atoms with van der Waals surface area (Å²) in [7, 11) is 0. The highest BCUT2D eigenvalue weighted by atomic mass is 16.1. The lowest BCUT2D eigenvalue weighted by Crippen LogP contribution is -2.43. The topological polar surface area (TPSA) is 51.2 Å². The quantitative estimate of drug-likeness (QED) is 0.239. The van der Waals surface area contributed by atoms with Gasteiger partial charge in [0.15, 0.2) is 11.6 Å². The molecule has 4 aromatic carbocycles. The molecule has 0 amide bonds. The third kappa shape index (κ3) is 2.17. The van der Waals surface area contributed by atoms with Crippen LogP contribution in [0.3, 0.4) is 0 Å². The van der Waals surface area contributed by atoms with Gasteiger partial charge >= 0.3 is 0 Å². The van der Waals surface area contributed by atoms with Crippen molar-refractivity contribution in [3.05, 3.63) is 163 Å². The maximum atomic E-state index is 14.8. The number of carbonyl (C=O) groups is 3. The van der Waals surface area contributed by atoms with Crippen molar-refractivity contribution < 1.29 is 14.4 Å². The molecule has 0 N–H and O–H groups in total. The Bertz CT molecular complexity index is 1850. The van der Waals surface area contributed by atoms with E-state index in [-0.39, 0.29) is 35.2 Å². The van der Waals surface area contributed by atoms with Crippen LogP contribution in [-0.2, 0) is 9.59 Å². The number of ketones is 2. The molecule has 7 aliphatic rings. The summed E-state index contributed by atoms with van der Waals surface area (Å²) in [5.74, 6) is -1.12. The second-order valence-corrected chi connectivity index (χ2v) is 10.9. The normalized spacial score (nSPS) is 24.8. The SMILES string of the molecule is O=Cc1ccc2c(c1)C1C3=C(C(=O)C4=C(C3=O)C3c5ccccc5C4c4ccccc43)C2c2ccccc21. The fraction of sp³-hybridized carbons (Fsp3) is 0.114. The van der Waals surface area contributed by atoms with Gasteiger partial charge < -0.3 is 0 Å². The molecular formula is C35H20O3. The average Bonchev–Trinajstić information content (AvgIpc) is 2.98. The van der Waals surface area contributed by atoms with Gasteiger partial charge in [0.25, 0.3) is 0 Å². The highest BCUT2D eigenvalue weighted by Crippen LogP contribution is 2.63. The van der Waals surface area contributed by atoms with Crippen LogP contribution in [0.4, 0.5) is 0 Å². The molecule has 11 rings (SSSR count). The van der Waals surface area contributed by atoms with Crippen molar-refractivity contribution in [2.45, 2.75) is 23.7 Å². The van der Waals surface area contributed by atoms with Gasteiger partial charge in [-0.2, -0.15) is 0 Å². The molecule has 178 valence electrons. The largest absolute Gasteiger partial charge is 0.298 e. The number of allylic oxidation sites excluding steroid dienone is 4. The second kappa shape index (κ2) is 6.81. The summed E-state index contributed by atoms with van der Waals surface area (Å²) in [4.78, 5) is 41.2. The van der Waals surface area contributed by atoms with Gasteiger partial charge in [0.1, 0.15) is 6.29 Å². The van der Waals surface area contributed by atoms with Crippen molar-refractivity contribution in [2.75, 3.05) is 0 Å². The standard InChI is InChI=1S/C35H20O3/c36-16-17-13-14-24-25(15-17)29-23-12-6-5-11-22(23)28(24)32-33(29)35(38)31-27-20-9-3-1-7-18(20)26(30(31)34(32)37)19-8-2-4-10-21(19)27/h1-16,26-29H. The van der Waals surface area contributed by atoms with Crippen molar-refractivity contribution >= 4 is 17.9 Å². The van der Waals surface area contributed by atoms with E-state index in [9.17, 15) is 14.4 Å². The minimum absolute atomic E-state index is 0.000246. The lowest BCUT2D eigenvalue weighted by Gasteiger charge is -2.49. The average molecular weight is 489 g/mol. The van der Waals surface area contributed by atoms with Gasteiger partial charge in [0.2, 0.25) is 0 Å². The molecule has 4 bridgehead atoms. The first-order valence-electron chi connectivity index (χ1n) is 13.1. The fourth-order valence-electron chi connectivity index (χ4n) is 8.13. The Morgan fingerprint density at radius 2 is 0.737 bits per heavy atom. The van der Waals surface area contributed by atoms with Crippen molar-refractivity contribution in [3.8, 4) is 0 Å². The summed E-state index contributed by atoms with van der Waals surface area (Å²) >= 11 is 0. The zero-order valence-corrected chi connectivity index (χ0v) is 20.3. The molecule has 0 saturated carbocycles. The molecule has 2 unspecified atom stereocenters. The van der Waals surface area contributed by atoms with Crippen molar-refractivity contribution in [1.82, 2.24) is 0 Å².